The zero-order valence-corrected chi connectivity index (χ0v) is 10.7. The smallest absolute Gasteiger partial charge is 0.128 e. The van der Waals surface area contributed by atoms with Crippen molar-refractivity contribution >= 4 is 5.69 Å². The highest BCUT2D eigenvalue weighted by atomic mass is 19.1. The van der Waals surface area contributed by atoms with E-state index < -0.39 is 17.7 Å². The molecule has 2 nitrogen and oxygen atoms in total. The molecule has 100 valence electrons. The Balaban J connectivity index is 2.13. The van der Waals surface area contributed by atoms with Crippen LogP contribution < -0.4 is 10.6 Å². The summed E-state index contributed by atoms with van der Waals surface area (Å²) in [4.78, 5) is 1.91. The molecule has 0 bridgehead atoms. The third kappa shape index (κ3) is 3.29. The van der Waals surface area contributed by atoms with Gasteiger partial charge in [0.1, 0.15) is 11.6 Å². The maximum Gasteiger partial charge on any atom is 0.128 e. The molecule has 0 spiro atoms. The van der Waals surface area contributed by atoms with Gasteiger partial charge in [0, 0.05) is 24.8 Å². The van der Waals surface area contributed by atoms with Crippen molar-refractivity contribution in [3.63, 3.8) is 0 Å². The van der Waals surface area contributed by atoms with E-state index in [2.05, 4.69) is 0 Å². The molecule has 0 radical (unpaired) electrons. The van der Waals surface area contributed by atoms with Crippen LogP contribution in [0.5, 0.6) is 0 Å². The molecule has 0 saturated carbocycles. The molecule has 0 aliphatic heterocycles. The van der Waals surface area contributed by atoms with Crippen LogP contribution in [0.15, 0.2) is 48.5 Å². The summed E-state index contributed by atoms with van der Waals surface area (Å²) in [7, 11) is 1.87. The zero-order chi connectivity index (χ0) is 13.8. The van der Waals surface area contributed by atoms with E-state index in [4.69, 9.17) is 5.73 Å². The predicted octanol–water partition coefficient (Wildman–Crippen LogP) is 3.10. The number of rotatable bonds is 4. The molecular formula is C15H16F2N2. The minimum atomic E-state index is -0.582. The summed E-state index contributed by atoms with van der Waals surface area (Å²) < 4.78 is 26.7. The van der Waals surface area contributed by atoms with E-state index in [-0.39, 0.29) is 5.56 Å². The van der Waals surface area contributed by atoms with Gasteiger partial charge in [0.05, 0.1) is 6.04 Å². The molecule has 4 heteroatoms. The Kier molecular flexibility index (Phi) is 4.12. The van der Waals surface area contributed by atoms with Crippen molar-refractivity contribution < 1.29 is 8.78 Å². The lowest BCUT2D eigenvalue weighted by atomic mass is 10.1. The third-order valence-electron chi connectivity index (χ3n) is 3.03. The Morgan fingerprint density at radius 3 is 2.47 bits per heavy atom. The second-order valence-electron chi connectivity index (χ2n) is 4.49. The first-order valence-corrected chi connectivity index (χ1v) is 6.04. The Bertz CT molecular complexity index is 543. The number of likely N-dealkylation sites (N-methyl/N-ethyl adjacent to an activating group) is 1. The lowest BCUT2D eigenvalue weighted by Gasteiger charge is -2.23. The average molecular weight is 262 g/mol. The largest absolute Gasteiger partial charge is 0.373 e. The molecule has 1 atom stereocenters. The first kappa shape index (κ1) is 13.5. The zero-order valence-electron chi connectivity index (χ0n) is 10.7. The first-order valence-electron chi connectivity index (χ1n) is 6.04. The SMILES string of the molecule is CN(CC(N)c1cc(F)ccc1F)c1ccccc1. The van der Waals surface area contributed by atoms with Gasteiger partial charge in [-0.3, -0.25) is 0 Å². The fraction of sp³-hybridized carbons (Fsp3) is 0.200. The second-order valence-corrected chi connectivity index (χ2v) is 4.49. The maximum absolute atomic E-state index is 13.6. The van der Waals surface area contributed by atoms with Crippen molar-refractivity contribution in [3.05, 3.63) is 65.7 Å². The van der Waals surface area contributed by atoms with Gasteiger partial charge in [-0.25, -0.2) is 8.78 Å². The fourth-order valence-electron chi connectivity index (χ4n) is 1.98. The Morgan fingerprint density at radius 2 is 1.79 bits per heavy atom. The van der Waals surface area contributed by atoms with Gasteiger partial charge in [-0.05, 0) is 30.3 Å². The monoisotopic (exact) mass is 262 g/mol. The quantitative estimate of drug-likeness (QED) is 0.917. The second kappa shape index (κ2) is 5.80. The van der Waals surface area contributed by atoms with E-state index in [0.29, 0.717) is 6.54 Å². The molecule has 0 aromatic heterocycles. The lowest BCUT2D eigenvalue weighted by Crippen LogP contribution is -2.29. The summed E-state index contributed by atoms with van der Waals surface area (Å²) in [6.45, 7) is 0.407. The topological polar surface area (TPSA) is 29.3 Å². The first-order chi connectivity index (χ1) is 9.08. The molecule has 2 rings (SSSR count). The van der Waals surface area contributed by atoms with E-state index in [9.17, 15) is 8.78 Å². The van der Waals surface area contributed by atoms with Crippen LogP contribution in [0, 0.1) is 11.6 Å². The summed E-state index contributed by atoms with van der Waals surface area (Å²) in [5.41, 5.74) is 7.13. The third-order valence-corrected chi connectivity index (χ3v) is 3.03. The van der Waals surface area contributed by atoms with Gasteiger partial charge in [-0.2, -0.15) is 0 Å². The maximum atomic E-state index is 13.6. The highest BCUT2D eigenvalue weighted by molar-refractivity contribution is 5.45. The van der Waals surface area contributed by atoms with Gasteiger partial charge in [-0.1, -0.05) is 18.2 Å². The van der Waals surface area contributed by atoms with Crippen LogP contribution in [0.1, 0.15) is 11.6 Å². The molecule has 1 unspecified atom stereocenters. The molecular weight excluding hydrogens is 246 g/mol. The van der Waals surface area contributed by atoms with Crippen LogP contribution in [0.4, 0.5) is 14.5 Å². The minimum absolute atomic E-state index is 0.197. The minimum Gasteiger partial charge on any atom is -0.373 e. The molecule has 0 aliphatic carbocycles. The van der Waals surface area contributed by atoms with Crippen LogP contribution in [0.25, 0.3) is 0 Å². The van der Waals surface area contributed by atoms with Crippen molar-refractivity contribution in [1.29, 1.82) is 0 Å². The van der Waals surface area contributed by atoms with E-state index in [1.54, 1.807) is 0 Å². The summed E-state index contributed by atoms with van der Waals surface area (Å²) in [5.74, 6) is -0.954. The number of halogens is 2. The van der Waals surface area contributed by atoms with Gasteiger partial charge < -0.3 is 10.6 Å². The van der Waals surface area contributed by atoms with E-state index in [1.165, 1.54) is 0 Å². The molecule has 19 heavy (non-hydrogen) atoms. The number of anilines is 1. The van der Waals surface area contributed by atoms with Gasteiger partial charge >= 0.3 is 0 Å². The van der Waals surface area contributed by atoms with Crippen LogP contribution >= 0.6 is 0 Å². The summed E-state index contributed by atoms with van der Waals surface area (Å²) in [5, 5.41) is 0. The highest BCUT2D eigenvalue weighted by Crippen LogP contribution is 2.19. The Labute approximate surface area is 111 Å². The average Bonchev–Trinajstić information content (AvgIpc) is 2.42. The van der Waals surface area contributed by atoms with Crippen molar-refractivity contribution in [1.82, 2.24) is 0 Å². The summed E-state index contributed by atoms with van der Waals surface area (Å²) in [6, 6.07) is 12.4. The number of benzene rings is 2. The van der Waals surface area contributed by atoms with E-state index >= 15 is 0 Å². The van der Waals surface area contributed by atoms with E-state index in [1.807, 2.05) is 42.3 Å². The predicted molar refractivity (Wildman–Crippen MR) is 73.0 cm³/mol. The van der Waals surface area contributed by atoms with Crippen LogP contribution in [0.2, 0.25) is 0 Å². The van der Waals surface area contributed by atoms with Crippen molar-refractivity contribution in [2.24, 2.45) is 5.73 Å². The van der Waals surface area contributed by atoms with Crippen molar-refractivity contribution in [3.8, 4) is 0 Å². The van der Waals surface area contributed by atoms with Crippen molar-refractivity contribution in [2.75, 3.05) is 18.5 Å². The molecule has 0 heterocycles. The summed E-state index contributed by atoms with van der Waals surface area (Å²) >= 11 is 0. The fourth-order valence-corrected chi connectivity index (χ4v) is 1.98. The van der Waals surface area contributed by atoms with Crippen LogP contribution in [0.3, 0.4) is 0 Å². The Morgan fingerprint density at radius 1 is 1.11 bits per heavy atom. The number of nitrogens with zero attached hydrogens (tertiary/aromatic N) is 1. The molecule has 0 aliphatic rings. The molecule has 2 N–H and O–H groups in total. The van der Waals surface area contributed by atoms with Gasteiger partial charge in [0.25, 0.3) is 0 Å². The molecule has 2 aromatic rings. The summed E-state index contributed by atoms with van der Waals surface area (Å²) in [6.07, 6.45) is 0. The molecule has 2 aromatic carbocycles. The molecule has 0 amide bonds. The Hall–Kier alpha value is -1.94. The van der Waals surface area contributed by atoms with E-state index in [0.717, 1.165) is 23.9 Å². The highest BCUT2D eigenvalue weighted by Gasteiger charge is 2.14. The number of nitrogens with two attached hydrogens (primary N) is 1. The molecule has 0 saturated heterocycles. The molecule has 0 fully saturated rings. The van der Waals surface area contributed by atoms with Gasteiger partial charge in [-0.15, -0.1) is 0 Å². The van der Waals surface area contributed by atoms with Gasteiger partial charge in [0.2, 0.25) is 0 Å². The van der Waals surface area contributed by atoms with Crippen molar-refractivity contribution in [2.45, 2.75) is 6.04 Å². The lowest BCUT2D eigenvalue weighted by molar-refractivity contribution is 0.561. The standard InChI is InChI=1S/C15H16F2N2/c1-19(12-5-3-2-4-6-12)10-15(18)13-9-11(16)7-8-14(13)17/h2-9,15H,10,18H2,1H3. The normalized spacial score (nSPS) is 12.2. The van der Waals surface area contributed by atoms with Gasteiger partial charge in [0.15, 0.2) is 0 Å². The number of para-hydroxylation sites is 1. The number of hydrogen-bond donors (Lipinski definition) is 1. The van der Waals surface area contributed by atoms with Crippen LogP contribution in [-0.4, -0.2) is 13.6 Å². The van der Waals surface area contributed by atoms with Crippen LogP contribution in [-0.2, 0) is 0 Å². The number of hydrogen-bond acceptors (Lipinski definition) is 2.